The lowest BCUT2D eigenvalue weighted by Gasteiger charge is -2.45. The van der Waals surface area contributed by atoms with Gasteiger partial charge in [-0.05, 0) is 216 Å². The van der Waals surface area contributed by atoms with Crippen LogP contribution in [0.25, 0.3) is 22.3 Å². The van der Waals surface area contributed by atoms with E-state index in [0.717, 1.165) is 19.3 Å². The molecule has 1 aliphatic heterocycles. The summed E-state index contributed by atoms with van der Waals surface area (Å²) in [7, 11) is 0. The molecule has 0 radical (unpaired) electrons. The van der Waals surface area contributed by atoms with Gasteiger partial charge in [-0.25, -0.2) is 0 Å². The van der Waals surface area contributed by atoms with Crippen molar-refractivity contribution < 1.29 is 0 Å². The summed E-state index contributed by atoms with van der Waals surface area (Å²) in [5, 5.41) is 0. The van der Waals surface area contributed by atoms with Crippen LogP contribution in [0.2, 0.25) is 0 Å². The summed E-state index contributed by atoms with van der Waals surface area (Å²) in [6.45, 7) is 37.4. The average molecular weight is 1110 g/mol. The van der Waals surface area contributed by atoms with Crippen LogP contribution in [0.3, 0.4) is 0 Å². The third-order valence-corrected chi connectivity index (χ3v) is 21.7. The maximum atomic E-state index is 2.80. The molecule has 1 heterocycles. The van der Waals surface area contributed by atoms with Crippen LogP contribution >= 0.6 is 0 Å². The number of hydrogen-bond acceptors (Lipinski definition) is 1. The molecule has 85 heavy (non-hydrogen) atoms. The normalized spacial score (nSPS) is 19.0. The van der Waals surface area contributed by atoms with Gasteiger partial charge < -0.3 is 4.90 Å². The number of aryl methyl sites for hydroxylation is 3. The highest BCUT2D eigenvalue weighted by atomic mass is 15.1. The Labute approximate surface area is 511 Å². The molecular formula is C83H90BN. The van der Waals surface area contributed by atoms with Crippen molar-refractivity contribution in [1.82, 2.24) is 0 Å². The minimum atomic E-state index is -0.0147. The molecule has 4 aliphatic rings. The first kappa shape index (κ1) is 56.9. The van der Waals surface area contributed by atoms with Gasteiger partial charge in [0.05, 0.1) is 0 Å². The number of benzene rings is 9. The number of rotatable bonds is 11. The van der Waals surface area contributed by atoms with Crippen LogP contribution in [0.4, 0.5) is 17.1 Å². The summed E-state index contributed by atoms with van der Waals surface area (Å²) in [5.74, 6) is 0.221. The van der Waals surface area contributed by atoms with E-state index in [-0.39, 0.29) is 51.0 Å². The fraction of sp³-hybridized carbons (Fsp3) is 0.349. The predicted octanol–water partition coefficient (Wildman–Crippen LogP) is 20.1. The first-order chi connectivity index (χ1) is 40.3. The van der Waals surface area contributed by atoms with E-state index in [4.69, 9.17) is 0 Å². The van der Waals surface area contributed by atoms with Crippen molar-refractivity contribution in [2.24, 2.45) is 0 Å². The summed E-state index contributed by atoms with van der Waals surface area (Å²) in [6.07, 6.45) is 6.65. The second kappa shape index (κ2) is 20.5. The highest BCUT2D eigenvalue weighted by Gasteiger charge is 2.48. The number of anilines is 3. The Morgan fingerprint density at radius 3 is 1.47 bits per heavy atom. The van der Waals surface area contributed by atoms with Crippen LogP contribution in [0.1, 0.15) is 206 Å². The van der Waals surface area contributed by atoms with Gasteiger partial charge >= 0.3 is 0 Å². The zero-order valence-corrected chi connectivity index (χ0v) is 53.8. The fourth-order valence-corrected chi connectivity index (χ4v) is 17.6. The lowest BCUT2D eigenvalue weighted by atomic mass is 9.30. The SMILES string of the molecule is Cc1cc2c(cc1CCC1c3cc4c(cc3B(c3cc5c(cc3C(C)c3ccc(-c6ccccc6)cc3-c3ccccc3)C(C)(C)CC5(C)C)c3c(C)cc(N(c5ccccc5)c5ccccc5)cc31)C(C)(C)CCC4(C)C)C(C)(C)CC2(C)C. The van der Waals surface area contributed by atoms with Crippen LogP contribution in [0, 0.1) is 13.8 Å². The quantitative estimate of drug-likeness (QED) is 0.117. The minimum absolute atomic E-state index is 0.00508. The fourth-order valence-electron chi connectivity index (χ4n) is 17.6. The molecule has 2 atom stereocenters. The summed E-state index contributed by atoms with van der Waals surface area (Å²) in [4.78, 5) is 2.51. The Hall–Kier alpha value is -7.16. The van der Waals surface area contributed by atoms with E-state index in [1.54, 1.807) is 22.3 Å². The second-order valence-electron chi connectivity index (χ2n) is 30.6. The second-order valence-corrected chi connectivity index (χ2v) is 30.6. The monoisotopic (exact) mass is 1110 g/mol. The minimum Gasteiger partial charge on any atom is -0.310 e. The van der Waals surface area contributed by atoms with Crippen molar-refractivity contribution in [2.45, 2.75) is 187 Å². The van der Waals surface area contributed by atoms with Crippen molar-refractivity contribution in [2.75, 3.05) is 4.90 Å². The lowest BCUT2D eigenvalue weighted by molar-refractivity contribution is 0.331. The molecule has 2 unspecified atom stereocenters. The predicted molar refractivity (Wildman–Crippen MR) is 366 cm³/mol. The highest BCUT2D eigenvalue weighted by Crippen LogP contribution is 2.54. The van der Waals surface area contributed by atoms with Gasteiger partial charge in [-0.15, -0.1) is 0 Å². The molecule has 0 fully saturated rings. The van der Waals surface area contributed by atoms with E-state index >= 15 is 0 Å². The molecule has 2 heteroatoms. The standard InChI is InChI=1S/C83H90BN/c1-53-43-69-70(81(10,11)51-80(69,8)9)45-58(53)36-39-64-67-48-71-73(79(6,7)41-40-78(71,4)5)49-76(67)84(77-54(2)42-62(46-68(64)77)85(60-32-24-18-25-33-60)61-34-26-19-27-35-61)75-50-74-72(82(12,13)52-83(74,14)15)47-65(75)55(3)63-38-37-59(56-28-20-16-21-29-56)44-66(63)57-30-22-17-23-31-57/h16-35,37-38,42-50,55,64H,36,39-41,51-52H2,1-15H3. The van der Waals surface area contributed by atoms with Crippen LogP contribution in [-0.2, 0) is 38.9 Å². The zero-order valence-electron chi connectivity index (χ0n) is 53.8. The van der Waals surface area contributed by atoms with Gasteiger partial charge in [-0.1, -0.05) is 258 Å². The Kier molecular flexibility index (Phi) is 13.7. The van der Waals surface area contributed by atoms with Gasteiger partial charge in [0.1, 0.15) is 0 Å². The molecule has 0 aromatic heterocycles. The lowest BCUT2D eigenvalue weighted by Crippen LogP contribution is -2.60. The Morgan fingerprint density at radius 2 is 0.894 bits per heavy atom. The van der Waals surface area contributed by atoms with Gasteiger partial charge in [-0.3, -0.25) is 0 Å². The van der Waals surface area contributed by atoms with E-state index in [2.05, 4.69) is 297 Å². The number of hydrogen-bond donors (Lipinski definition) is 0. The van der Waals surface area contributed by atoms with Gasteiger partial charge in [0.25, 0.3) is 0 Å². The zero-order chi connectivity index (χ0) is 59.8. The van der Waals surface area contributed by atoms with Crippen LogP contribution < -0.4 is 21.3 Å². The highest BCUT2D eigenvalue weighted by molar-refractivity contribution is 6.97. The third kappa shape index (κ3) is 9.78. The first-order valence-electron chi connectivity index (χ1n) is 32.2. The molecule has 0 saturated carbocycles. The Balaban J connectivity index is 1.11. The molecule has 0 saturated heterocycles. The maximum absolute atomic E-state index is 2.80. The van der Waals surface area contributed by atoms with E-state index < -0.39 is 0 Å². The van der Waals surface area contributed by atoms with Gasteiger partial charge in [0.15, 0.2) is 0 Å². The van der Waals surface area contributed by atoms with Crippen LogP contribution in [0.15, 0.2) is 188 Å². The molecular weight excluding hydrogens is 1020 g/mol. The number of fused-ring (bicyclic) bond motifs is 5. The molecule has 0 amide bonds. The largest absolute Gasteiger partial charge is 0.310 e. The molecule has 0 spiro atoms. The number of nitrogens with zero attached hydrogens (tertiary/aromatic N) is 1. The maximum Gasteiger partial charge on any atom is 0.242 e. The molecule has 0 bridgehead atoms. The molecule has 430 valence electrons. The summed E-state index contributed by atoms with van der Waals surface area (Å²) in [5.41, 5.74) is 32.8. The van der Waals surface area contributed by atoms with Gasteiger partial charge in [-0.2, -0.15) is 0 Å². The van der Waals surface area contributed by atoms with Crippen LogP contribution in [-0.4, -0.2) is 6.71 Å². The first-order valence-corrected chi connectivity index (χ1v) is 32.2. The summed E-state index contributed by atoms with van der Waals surface area (Å²) < 4.78 is 0. The smallest absolute Gasteiger partial charge is 0.242 e. The van der Waals surface area contributed by atoms with E-state index in [1.165, 1.54) is 125 Å². The topological polar surface area (TPSA) is 3.24 Å². The Morgan fingerprint density at radius 1 is 0.412 bits per heavy atom. The van der Waals surface area contributed by atoms with Crippen molar-refractivity contribution in [3.8, 4) is 22.3 Å². The molecule has 13 rings (SSSR count). The molecule has 1 nitrogen and oxygen atoms in total. The molecule has 9 aromatic carbocycles. The Bertz CT molecular complexity index is 4000. The summed E-state index contributed by atoms with van der Waals surface area (Å²) in [6, 6.07) is 73.2. The van der Waals surface area contributed by atoms with E-state index in [1.807, 2.05) is 0 Å². The van der Waals surface area contributed by atoms with E-state index in [0.29, 0.717) is 0 Å². The number of para-hydroxylation sites is 2. The molecule has 3 aliphatic carbocycles. The molecule has 0 N–H and O–H groups in total. The van der Waals surface area contributed by atoms with Crippen molar-refractivity contribution in [3.63, 3.8) is 0 Å². The van der Waals surface area contributed by atoms with Gasteiger partial charge in [0, 0.05) is 28.9 Å². The van der Waals surface area contributed by atoms with E-state index in [9.17, 15) is 0 Å². The van der Waals surface area contributed by atoms with Crippen molar-refractivity contribution >= 4 is 40.2 Å². The molecule has 9 aromatic rings. The van der Waals surface area contributed by atoms with Crippen molar-refractivity contribution in [3.05, 3.63) is 260 Å². The van der Waals surface area contributed by atoms with Crippen LogP contribution in [0.5, 0.6) is 0 Å². The third-order valence-electron chi connectivity index (χ3n) is 21.7. The summed E-state index contributed by atoms with van der Waals surface area (Å²) >= 11 is 0. The van der Waals surface area contributed by atoms with Gasteiger partial charge in [0.2, 0.25) is 6.71 Å². The average Bonchev–Trinajstić information content (AvgIpc) is 1.45. The van der Waals surface area contributed by atoms with Crippen molar-refractivity contribution in [1.29, 1.82) is 0 Å².